The first kappa shape index (κ1) is 22.7. The van der Waals surface area contributed by atoms with Gasteiger partial charge in [-0.2, -0.15) is 5.26 Å². The van der Waals surface area contributed by atoms with Crippen molar-refractivity contribution in [1.29, 1.82) is 5.26 Å². The van der Waals surface area contributed by atoms with E-state index in [2.05, 4.69) is 21.6 Å². The lowest BCUT2D eigenvalue weighted by Gasteiger charge is -2.12. The number of nitrogens with one attached hydrogen (secondary N) is 1. The minimum absolute atomic E-state index is 0.113. The highest BCUT2D eigenvalue weighted by Crippen LogP contribution is 2.28. The standard InChI is InChI=1S/C23H21ClN6O2S/c1-14-15(2)30(12-18-5-4-10-32-18)22(19(14)11-25)26-20(31)13-33-23-28-27-21(29(23)3)16-6-8-17(24)9-7-16/h4-10H,12-13H2,1-3H3,(H,26,31). The van der Waals surface area contributed by atoms with Crippen LogP contribution in [0.2, 0.25) is 5.02 Å². The summed E-state index contributed by atoms with van der Waals surface area (Å²) in [5.74, 6) is 1.75. The summed E-state index contributed by atoms with van der Waals surface area (Å²) in [4.78, 5) is 12.8. The number of benzene rings is 1. The molecule has 0 bridgehead atoms. The van der Waals surface area contributed by atoms with Gasteiger partial charge in [0.25, 0.3) is 0 Å². The van der Waals surface area contributed by atoms with Crippen molar-refractivity contribution < 1.29 is 9.21 Å². The number of nitriles is 1. The van der Waals surface area contributed by atoms with Crippen molar-refractivity contribution in [3.8, 4) is 17.5 Å². The average molecular weight is 481 g/mol. The van der Waals surface area contributed by atoms with E-state index in [9.17, 15) is 10.1 Å². The Morgan fingerprint density at radius 2 is 2.00 bits per heavy atom. The number of aromatic nitrogens is 4. The molecule has 0 unspecified atom stereocenters. The lowest BCUT2D eigenvalue weighted by atomic mass is 10.2. The van der Waals surface area contributed by atoms with Crippen molar-refractivity contribution in [2.45, 2.75) is 25.5 Å². The summed E-state index contributed by atoms with van der Waals surface area (Å²) in [6.45, 7) is 4.20. The van der Waals surface area contributed by atoms with Crippen molar-refractivity contribution >= 4 is 35.1 Å². The van der Waals surface area contributed by atoms with Crippen molar-refractivity contribution in [2.24, 2.45) is 7.05 Å². The van der Waals surface area contributed by atoms with Crippen LogP contribution in [-0.4, -0.2) is 31.0 Å². The van der Waals surface area contributed by atoms with E-state index in [-0.39, 0.29) is 11.7 Å². The van der Waals surface area contributed by atoms with Crippen LogP contribution in [0.15, 0.2) is 52.2 Å². The van der Waals surface area contributed by atoms with Gasteiger partial charge in [-0.25, -0.2) is 0 Å². The molecule has 1 N–H and O–H groups in total. The van der Waals surface area contributed by atoms with E-state index in [1.807, 2.05) is 48.2 Å². The normalized spacial score (nSPS) is 10.9. The third kappa shape index (κ3) is 4.67. The topological polar surface area (TPSA) is 102 Å². The molecule has 3 heterocycles. The fraction of sp³-hybridized carbons (Fsp3) is 0.217. The van der Waals surface area contributed by atoms with Gasteiger partial charge < -0.3 is 18.9 Å². The number of carbonyl (C=O) groups is 1. The van der Waals surface area contributed by atoms with E-state index in [1.54, 1.807) is 24.5 Å². The van der Waals surface area contributed by atoms with Crippen LogP contribution in [-0.2, 0) is 18.4 Å². The lowest BCUT2D eigenvalue weighted by Crippen LogP contribution is -2.18. The van der Waals surface area contributed by atoms with E-state index < -0.39 is 0 Å². The Hall–Kier alpha value is -3.48. The summed E-state index contributed by atoms with van der Waals surface area (Å²) in [5.41, 5.74) is 3.05. The van der Waals surface area contributed by atoms with Crippen molar-refractivity contribution in [3.05, 3.63) is 70.3 Å². The molecule has 0 saturated heterocycles. The molecule has 0 saturated carbocycles. The van der Waals surface area contributed by atoms with Gasteiger partial charge in [-0.3, -0.25) is 4.79 Å². The van der Waals surface area contributed by atoms with Gasteiger partial charge >= 0.3 is 0 Å². The third-order valence-corrected chi connectivity index (χ3v) is 6.63. The second kappa shape index (κ2) is 9.57. The summed E-state index contributed by atoms with van der Waals surface area (Å²) in [6.07, 6.45) is 1.60. The van der Waals surface area contributed by atoms with Crippen molar-refractivity contribution in [2.75, 3.05) is 11.1 Å². The molecule has 0 aliphatic rings. The Labute approximate surface area is 200 Å². The van der Waals surface area contributed by atoms with Crippen LogP contribution >= 0.6 is 23.4 Å². The maximum atomic E-state index is 12.8. The minimum atomic E-state index is -0.245. The number of hydrogen-bond acceptors (Lipinski definition) is 6. The number of hydrogen-bond donors (Lipinski definition) is 1. The molecule has 10 heteroatoms. The van der Waals surface area contributed by atoms with Crippen LogP contribution in [0.1, 0.15) is 22.6 Å². The number of nitrogens with zero attached hydrogens (tertiary/aromatic N) is 5. The van der Waals surface area contributed by atoms with Gasteiger partial charge in [-0.05, 0) is 55.8 Å². The fourth-order valence-corrected chi connectivity index (χ4v) is 4.31. The van der Waals surface area contributed by atoms with Crippen molar-refractivity contribution in [3.63, 3.8) is 0 Å². The molecular formula is C23H21ClN6O2S. The summed E-state index contributed by atoms with van der Waals surface area (Å²) in [5, 5.41) is 22.3. The molecule has 4 rings (SSSR count). The summed E-state index contributed by atoms with van der Waals surface area (Å²) in [7, 11) is 1.85. The predicted molar refractivity (Wildman–Crippen MR) is 127 cm³/mol. The first-order valence-electron chi connectivity index (χ1n) is 10.1. The second-order valence-electron chi connectivity index (χ2n) is 7.42. The van der Waals surface area contributed by atoms with Crippen LogP contribution in [0.5, 0.6) is 0 Å². The van der Waals surface area contributed by atoms with E-state index in [1.165, 1.54) is 11.8 Å². The van der Waals surface area contributed by atoms with E-state index in [4.69, 9.17) is 16.0 Å². The van der Waals surface area contributed by atoms with Gasteiger partial charge in [0.2, 0.25) is 5.91 Å². The van der Waals surface area contributed by atoms with Crippen LogP contribution in [0, 0.1) is 25.2 Å². The minimum Gasteiger partial charge on any atom is -0.467 e. The summed E-state index contributed by atoms with van der Waals surface area (Å²) < 4.78 is 9.17. The Bertz CT molecular complexity index is 1330. The smallest absolute Gasteiger partial charge is 0.235 e. The van der Waals surface area contributed by atoms with Gasteiger partial charge in [-0.15, -0.1) is 10.2 Å². The number of rotatable bonds is 7. The molecule has 3 aromatic heterocycles. The zero-order chi connectivity index (χ0) is 23.5. The largest absolute Gasteiger partial charge is 0.467 e. The average Bonchev–Trinajstić information content (AvgIpc) is 3.50. The van der Waals surface area contributed by atoms with Gasteiger partial charge in [0.1, 0.15) is 17.6 Å². The Morgan fingerprint density at radius 3 is 2.67 bits per heavy atom. The van der Waals surface area contributed by atoms with Crippen LogP contribution < -0.4 is 5.32 Å². The van der Waals surface area contributed by atoms with Crippen LogP contribution in [0.4, 0.5) is 5.82 Å². The van der Waals surface area contributed by atoms with Gasteiger partial charge in [0.05, 0.1) is 24.1 Å². The third-order valence-electron chi connectivity index (χ3n) is 5.36. The number of furan rings is 1. The number of amides is 1. The molecule has 0 atom stereocenters. The molecular weight excluding hydrogens is 460 g/mol. The summed E-state index contributed by atoms with van der Waals surface area (Å²) >= 11 is 7.23. The molecule has 1 amide bonds. The maximum absolute atomic E-state index is 12.8. The molecule has 1 aromatic carbocycles. The fourth-order valence-electron chi connectivity index (χ4n) is 3.48. The Morgan fingerprint density at radius 1 is 1.24 bits per heavy atom. The highest BCUT2D eigenvalue weighted by atomic mass is 35.5. The lowest BCUT2D eigenvalue weighted by molar-refractivity contribution is -0.113. The van der Waals surface area contributed by atoms with Crippen LogP contribution in [0.3, 0.4) is 0 Å². The zero-order valence-corrected chi connectivity index (χ0v) is 19.9. The number of thioether (sulfide) groups is 1. The second-order valence-corrected chi connectivity index (χ2v) is 8.80. The molecule has 168 valence electrons. The maximum Gasteiger partial charge on any atom is 0.235 e. The highest BCUT2D eigenvalue weighted by molar-refractivity contribution is 7.99. The summed E-state index contributed by atoms with van der Waals surface area (Å²) in [6, 6.07) is 13.2. The number of halogens is 1. The van der Waals surface area contributed by atoms with E-state index in [0.717, 1.165) is 22.6 Å². The zero-order valence-electron chi connectivity index (χ0n) is 18.3. The van der Waals surface area contributed by atoms with Crippen LogP contribution in [0.25, 0.3) is 11.4 Å². The van der Waals surface area contributed by atoms with Crippen molar-refractivity contribution in [1.82, 2.24) is 19.3 Å². The molecule has 4 aromatic rings. The SMILES string of the molecule is Cc1c(C#N)c(NC(=O)CSc2nnc(-c3ccc(Cl)cc3)n2C)n(Cc2ccco2)c1C. The molecule has 0 spiro atoms. The quantitative estimate of drug-likeness (QED) is 0.381. The number of carbonyl (C=O) groups excluding carboxylic acids is 1. The highest BCUT2D eigenvalue weighted by Gasteiger charge is 2.21. The molecule has 33 heavy (non-hydrogen) atoms. The Balaban J connectivity index is 1.49. The predicted octanol–water partition coefficient (Wildman–Crippen LogP) is 4.80. The van der Waals surface area contributed by atoms with Gasteiger partial charge in [0, 0.05) is 23.3 Å². The first-order valence-corrected chi connectivity index (χ1v) is 11.5. The first-order chi connectivity index (χ1) is 15.9. The Kier molecular flexibility index (Phi) is 6.58. The van der Waals surface area contributed by atoms with Gasteiger partial charge in [-0.1, -0.05) is 23.4 Å². The molecule has 0 aliphatic heterocycles. The molecule has 8 nitrogen and oxygen atoms in total. The monoisotopic (exact) mass is 480 g/mol. The van der Waals surface area contributed by atoms with E-state index >= 15 is 0 Å². The molecule has 0 radical (unpaired) electrons. The molecule has 0 fully saturated rings. The van der Waals surface area contributed by atoms with E-state index in [0.29, 0.717) is 33.9 Å². The number of anilines is 1. The van der Waals surface area contributed by atoms with Gasteiger partial charge in [0.15, 0.2) is 11.0 Å². The molecule has 0 aliphatic carbocycles.